The van der Waals surface area contributed by atoms with Crippen LogP contribution >= 0.6 is 0 Å². The van der Waals surface area contributed by atoms with E-state index in [1.807, 2.05) is 0 Å². The Balaban J connectivity index is 2.06. The van der Waals surface area contributed by atoms with Crippen LogP contribution in [0.25, 0.3) is 0 Å². The largest absolute Gasteiger partial charge is 0.508 e. The van der Waals surface area contributed by atoms with E-state index in [1.54, 1.807) is 19.1 Å². The van der Waals surface area contributed by atoms with Crippen molar-refractivity contribution in [3.8, 4) is 5.75 Å². The molecule has 2 aromatic rings. The second kappa shape index (κ2) is 5.39. The standard InChI is InChI=1S/C12H13N5O3/c1-6-2-3-7(4-8(6)18)10(19)20-5-9-15-11(13)17-12(14)16-9/h2-4,18H,5H2,1H3,(H4,13,14,15,16,17). The van der Waals surface area contributed by atoms with E-state index >= 15 is 0 Å². The van der Waals surface area contributed by atoms with Gasteiger partial charge < -0.3 is 21.3 Å². The number of nitrogen functional groups attached to an aromatic ring is 2. The predicted octanol–water partition coefficient (Wildman–Crippen LogP) is 0.407. The summed E-state index contributed by atoms with van der Waals surface area (Å²) in [6.45, 7) is 1.53. The molecule has 104 valence electrons. The van der Waals surface area contributed by atoms with Gasteiger partial charge >= 0.3 is 5.97 Å². The molecule has 0 saturated heterocycles. The van der Waals surface area contributed by atoms with Crippen LogP contribution in [0, 0.1) is 6.92 Å². The van der Waals surface area contributed by atoms with Crippen LogP contribution in [0.15, 0.2) is 18.2 Å². The number of nitrogens with two attached hydrogens (primary N) is 2. The van der Waals surface area contributed by atoms with Gasteiger partial charge in [0.05, 0.1) is 5.56 Å². The first kappa shape index (κ1) is 13.5. The molecule has 0 bridgehead atoms. The van der Waals surface area contributed by atoms with Gasteiger partial charge in [-0.15, -0.1) is 0 Å². The van der Waals surface area contributed by atoms with Gasteiger partial charge in [-0.1, -0.05) is 6.07 Å². The molecule has 1 aromatic heterocycles. The summed E-state index contributed by atoms with van der Waals surface area (Å²) < 4.78 is 5.01. The van der Waals surface area contributed by atoms with E-state index in [2.05, 4.69) is 15.0 Å². The average Bonchev–Trinajstić information content (AvgIpc) is 2.38. The topological polar surface area (TPSA) is 137 Å². The van der Waals surface area contributed by atoms with Crippen molar-refractivity contribution in [1.82, 2.24) is 15.0 Å². The van der Waals surface area contributed by atoms with Crippen LogP contribution in [0.1, 0.15) is 21.7 Å². The fourth-order valence-corrected chi connectivity index (χ4v) is 1.47. The maximum absolute atomic E-state index is 11.8. The number of aryl methyl sites for hydroxylation is 1. The number of esters is 1. The highest BCUT2D eigenvalue weighted by atomic mass is 16.5. The van der Waals surface area contributed by atoms with Gasteiger partial charge in [0.25, 0.3) is 0 Å². The van der Waals surface area contributed by atoms with Crippen molar-refractivity contribution in [2.24, 2.45) is 0 Å². The Morgan fingerprint density at radius 3 is 2.50 bits per heavy atom. The van der Waals surface area contributed by atoms with Gasteiger partial charge in [0, 0.05) is 0 Å². The molecule has 8 nitrogen and oxygen atoms in total. The molecule has 8 heteroatoms. The predicted molar refractivity (Wildman–Crippen MR) is 70.6 cm³/mol. The number of phenols is 1. The lowest BCUT2D eigenvalue weighted by atomic mass is 10.1. The number of carbonyl (C=O) groups excluding carboxylic acids is 1. The first-order valence-corrected chi connectivity index (χ1v) is 5.68. The third-order valence-electron chi connectivity index (χ3n) is 2.49. The van der Waals surface area contributed by atoms with Gasteiger partial charge in [-0.2, -0.15) is 15.0 Å². The molecule has 0 saturated carbocycles. The van der Waals surface area contributed by atoms with Crippen molar-refractivity contribution >= 4 is 17.9 Å². The smallest absolute Gasteiger partial charge is 0.338 e. The molecule has 1 heterocycles. The van der Waals surface area contributed by atoms with Crippen LogP contribution in [-0.4, -0.2) is 26.0 Å². The number of phenolic OH excluding ortho intramolecular Hbond substituents is 1. The molecule has 1 aromatic carbocycles. The molecule has 0 unspecified atom stereocenters. The van der Waals surface area contributed by atoms with Crippen molar-refractivity contribution in [3.63, 3.8) is 0 Å². The number of rotatable bonds is 3. The highest BCUT2D eigenvalue weighted by Crippen LogP contribution is 2.18. The summed E-state index contributed by atoms with van der Waals surface area (Å²) in [5.41, 5.74) is 11.7. The fraction of sp³-hybridized carbons (Fsp3) is 0.167. The summed E-state index contributed by atoms with van der Waals surface area (Å²) in [6.07, 6.45) is 0. The summed E-state index contributed by atoms with van der Waals surface area (Å²) in [5, 5.41) is 9.53. The zero-order chi connectivity index (χ0) is 14.7. The first-order chi connectivity index (χ1) is 9.45. The summed E-state index contributed by atoms with van der Waals surface area (Å²) in [5.74, 6) is -0.529. The number of benzene rings is 1. The van der Waals surface area contributed by atoms with Gasteiger partial charge in [-0.05, 0) is 24.6 Å². The van der Waals surface area contributed by atoms with Gasteiger partial charge in [0.2, 0.25) is 11.9 Å². The van der Waals surface area contributed by atoms with Gasteiger partial charge in [-0.3, -0.25) is 0 Å². The summed E-state index contributed by atoms with van der Waals surface area (Å²) >= 11 is 0. The minimum absolute atomic E-state index is 0.0214. The van der Waals surface area contributed by atoms with E-state index in [1.165, 1.54) is 6.07 Å². The molecule has 2 rings (SSSR count). The lowest BCUT2D eigenvalue weighted by Crippen LogP contribution is -2.11. The zero-order valence-electron chi connectivity index (χ0n) is 10.7. The highest BCUT2D eigenvalue weighted by Gasteiger charge is 2.11. The molecule has 0 amide bonds. The van der Waals surface area contributed by atoms with E-state index < -0.39 is 5.97 Å². The third kappa shape index (κ3) is 3.10. The van der Waals surface area contributed by atoms with E-state index in [4.69, 9.17) is 16.2 Å². The van der Waals surface area contributed by atoms with Crippen molar-refractivity contribution in [3.05, 3.63) is 35.2 Å². The quantitative estimate of drug-likeness (QED) is 0.685. The van der Waals surface area contributed by atoms with E-state index in [9.17, 15) is 9.90 Å². The van der Waals surface area contributed by atoms with Crippen molar-refractivity contribution in [1.29, 1.82) is 0 Å². The Hall–Kier alpha value is -2.90. The molecule has 0 atom stereocenters. The summed E-state index contributed by atoms with van der Waals surface area (Å²) in [6, 6.07) is 4.49. The molecule has 0 spiro atoms. The SMILES string of the molecule is Cc1ccc(C(=O)OCc2nc(N)nc(N)n2)cc1O. The summed E-state index contributed by atoms with van der Waals surface area (Å²) in [4.78, 5) is 22.9. The molecule has 0 fully saturated rings. The van der Waals surface area contributed by atoms with Crippen molar-refractivity contribution in [2.75, 3.05) is 11.5 Å². The molecule has 0 aliphatic heterocycles. The minimum Gasteiger partial charge on any atom is -0.508 e. The molecule has 0 aliphatic rings. The van der Waals surface area contributed by atoms with Crippen molar-refractivity contribution < 1.29 is 14.6 Å². The normalized spacial score (nSPS) is 10.2. The Bertz CT molecular complexity index is 639. The van der Waals surface area contributed by atoms with E-state index in [0.717, 1.165) is 0 Å². The van der Waals surface area contributed by atoms with E-state index in [0.29, 0.717) is 5.56 Å². The number of nitrogens with zero attached hydrogens (tertiary/aromatic N) is 3. The number of aromatic nitrogens is 3. The van der Waals surface area contributed by atoms with Crippen LogP contribution in [0.5, 0.6) is 5.75 Å². The van der Waals surface area contributed by atoms with Crippen LogP contribution in [0.2, 0.25) is 0 Å². The van der Waals surface area contributed by atoms with Crippen molar-refractivity contribution in [2.45, 2.75) is 13.5 Å². The van der Waals surface area contributed by atoms with Gasteiger partial charge in [-0.25, -0.2) is 4.79 Å². The molecule has 0 radical (unpaired) electrons. The number of hydrogen-bond acceptors (Lipinski definition) is 8. The second-order valence-corrected chi connectivity index (χ2v) is 4.05. The fourth-order valence-electron chi connectivity index (χ4n) is 1.47. The van der Waals surface area contributed by atoms with Crippen LogP contribution in [0.3, 0.4) is 0 Å². The van der Waals surface area contributed by atoms with Crippen LogP contribution < -0.4 is 11.5 Å². The minimum atomic E-state index is -0.613. The molecular weight excluding hydrogens is 262 g/mol. The van der Waals surface area contributed by atoms with Gasteiger partial charge in [0.15, 0.2) is 12.4 Å². The molecule has 5 N–H and O–H groups in total. The monoisotopic (exact) mass is 275 g/mol. The van der Waals surface area contributed by atoms with Gasteiger partial charge in [0.1, 0.15) is 5.75 Å². The van der Waals surface area contributed by atoms with E-state index in [-0.39, 0.29) is 35.6 Å². The Labute approximate surface area is 114 Å². The summed E-state index contributed by atoms with van der Waals surface area (Å²) in [7, 11) is 0. The number of anilines is 2. The molecule has 20 heavy (non-hydrogen) atoms. The maximum atomic E-state index is 11.8. The number of carbonyl (C=O) groups is 1. The Morgan fingerprint density at radius 1 is 1.25 bits per heavy atom. The zero-order valence-corrected chi connectivity index (χ0v) is 10.7. The average molecular weight is 275 g/mol. The number of hydrogen-bond donors (Lipinski definition) is 3. The lowest BCUT2D eigenvalue weighted by molar-refractivity contribution is 0.0461. The maximum Gasteiger partial charge on any atom is 0.338 e. The Kier molecular flexibility index (Phi) is 3.65. The van der Waals surface area contributed by atoms with Crippen LogP contribution in [-0.2, 0) is 11.3 Å². The number of ether oxygens (including phenoxy) is 1. The Morgan fingerprint density at radius 2 is 1.90 bits per heavy atom. The van der Waals surface area contributed by atoms with Crippen LogP contribution in [0.4, 0.5) is 11.9 Å². The second-order valence-electron chi connectivity index (χ2n) is 4.05. The number of aromatic hydroxyl groups is 1. The lowest BCUT2D eigenvalue weighted by Gasteiger charge is -2.06. The molecular formula is C12H13N5O3. The molecule has 0 aliphatic carbocycles. The first-order valence-electron chi connectivity index (χ1n) is 5.68. The highest BCUT2D eigenvalue weighted by molar-refractivity contribution is 5.89. The third-order valence-corrected chi connectivity index (χ3v) is 2.49.